The van der Waals surface area contributed by atoms with E-state index in [9.17, 15) is 45.0 Å². The van der Waals surface area contributed by atoms with Gasteiger partial charge >= 0.3 is 0 Å². The van der Waals surface area contributed by atoms with Gasteiger partial charge in [-0.25, -0.2) is 0 Å². The first-order valence-electron chi connectivity index (χ1n) is 7.78. The predicted molar refractivity (Wildman–Crippen MR) is 75.1 cm³/mol. The summed E-state index contributed by atoms with van der Waals surface area (Å²) in [5, 5.41) is 68.0. The molecule has 2 aliphatic rings. The van der Waals surface area contributed by atoms with Crippen LogP contribution in [0.2, 0.25) is 0 Å². The molecule has 2 heterocycles. The van der Waals surface area contributed by atoms with Gasteiger partial charge in [0.05, 0.1) is 21.0 Å². The zero-order valence-corrected chi connectivity index (χ0v) is 14.5. The Balaban J connectivity index is 2.08. The second kappa shape index (κ2) is 9.02. The van der Waals surface area contributed by atoms with E-state index < -0.39 is 82.4 Å². The molecule has 0 bridgehead atoms. The van der Waals surface area contributed by atoms with Crippen molar-refractivity contribution in [1.82, 2.24) is 0 Å². The number of aliphatic hydroxyl groups excluding tert-OH is 7. The third-order valence-corrected chi connectivity index (χ3v) is 4.65. The largest absolute Gasteiger partial charge is 0.790 e. The zero-order chi connectivity index (χ0) is 20.5. The molecule has 0 spiro atoms. The molecule has 0 radical (unpaired) electrons. The number of phosphoric acid groups is 1. The molecule has 0 aromatic heterocycles. The van der Waals surface area contributed by atoms with Crippen molar-refractivity contribution in [3.63, 3.8) is 0 Å². The smallest absolute Gasteiger partial charge is 0.189 e. The Morgan fingerprint density at radius 3 is 1.67 bits per heavy atom. The fraction of sp³-hybridized carbons (Fsp3) is 1.00. The molecule has 2 fully saturated rings. The van der Waals surface area contributed by atoms with Gasteiger partial charge in [0.25, 0.3) is 0 Å². The molecular formula is C12H21O14P-2. The van der Waals surface area contributed by atoms with Gasteiger partial charge in [-0.3, -0.25) is 0 Å². The van der Waals surface area contributed by atoms with Crippen LogP contribution in [0.25, 0.3) is 0 Å². The molecule has 2 rings (SSSR count). The van der Waals surface area contributed by atoms with Crippen molar-refractivity contribution in [1.29, 1.82) is 0 Å². The number of rotatable bonds is 6. The molecule has 0 saturated carbocycles. The maximum Gasteiger partial charge on any atom is 0.189 e. The Morgan fingerprint density at radius 2 is 1.22 bits per heavy atom. The highest BCUT2D eigenvalue weighted by Crippen LogP contribution is 2.31. The first-order valence-corrected chi connectivity index (χ1v) is 9.24. The number of hydrogen-bond acceptors (Lipinski definition) is 14. The van der Waals surface area contributed by atoms with Crippen LogP contribution in [-0.2, 0) is 23.3 Å². The van der Waals surface area contributed by atoms with Gasteiger partial charge in [0.15, 0.2) is 12.6 Å². The van der Waals surface area contributed by atoms with Crippen molar-refractivity contribution < 1.29 is 68.8 Å². The lowest BCUT2D eigenvalue weighted by Gasteiger charge is -2.45. The van der Waals surface area contributed by atoms with Crippen LogP contribution in [0.5, 0.6) is 0 Å². The van der Waals surface area contributed by atoms with Crippen LogP contribution in [0.15, 0.2) is 0 Å². The molecule has 27 heavy (non-hydrogen) atoms. The number of hydrogen-bond donors (Lipinski definition) is 7. The molecule has 0 aromatic rings. The topological polar surface area (TPSA) is 242 Å². The minimum absolute atomic E-state index is 0.751. The maximum atomic E-state index is 10.5. The Bertz CT molecular complexity index is 526. The van der Waals surface area contributed by atoms with E-state index in [1.165, 1.54) is 0 Å². The Morgan fingerprint density at radius 1 is 0.778 bits per heavy atom. The number of ether oxygens (including phenoxy) is 3. The molecule has 7 N–H and O–H groups in total. The SMILES string of the molecule is O=P([O-])([O-])OC[C@H]1OC(OC2O[C@H](CO)[C@@H](O)[C@H](O)[C@H]2O)[C@H](O)[C@@H](O)[C@@H]1O. The summed E-state index contributed by atoms with van der Waals surface area (Å²) < 4.78 is 29.7. The third-order valence-electron chi connectivity index (χ3n) is 4.18. The standard InChI is InChI=1S/C12H23O14P/c13-1-3-5(14)7(16)9(18)11(24-3)26-12-10(19)8(17)6(15)4(25-12)2-23-27(20,21)22/h3-19H,1-2H2,(H2,20,21,22)/p-2/t3-,4-,5-,6-,7+,8+,9-,10-,11?,12?/m1/s1. The van der Waals surface area contributed by atoms with E-state index in [0.29, 0.717) is 0 Å². The number of phosphoric ester groups is 1. The summed E-state index contributed by atoms with van der Waals surface area (Å²) in [4.78, 5) is 21.1. The Kier molecular flexibility index (Phi) is 7.68. The quantitative estimate of drug-likeness (QED) is 0.198. The summed E-state index contributed by atoms with van der Waals surface area (Å²) in [6.07, 6.45) is -17.5. The normalized spacial score (nSPS) is 46.4. The highest BCUT2D eigenvalue weighted by Gasteiger charge is 2.49. The fourth-order valence-corrected chi connectivity index (χ4v) is 2.97. The van der Waals surface area contributed by atoms with E-state index in [1.54, 1.807) is 0 Å². The monoisotopic (exact) mass is 420 g/mol. The lowest BCUT2D eigenvalue weighted by molar-refractivity contribution is -0.379. The van der Waals surface area contributed by atoms with Crippen molar-refractivity contribution in [2.45, 2.75) is 61.4 Å². The molecular weight excluding hydrogens is 399 g/mol. The lowest BCUT2D eigenvalue weighted by Crippen LogP contribution is -2.63. The van der Waals surface area contributed by atoms with Crippen LogP contribution in [0.1, 0.15) is 0 Å². The number of aliphatic hydroxyl groups is 7. The molecule has 15 heteroatoms. The van der Waals surface area contributed by atoms with Gasteiger partial charge in [-0.1, -0.05) is 0 Å². The zero-order valence-electron chi connectivity index (χ0n) is 13.6. The average Bonchev–Trinajstić information content (AvgIpc) is 2.60. The van der Waals surface area contributed by atoms with Gasteiger partial charge in [-0.15, -0.1) is 0 Å². The van der Waals surface area contributed by atoms with Crippen LogP contribution in [0, 0.1) is 0 Å². The minimum Gasteiger partial charge on any atom is -0.790 e. The van der Waals surface area contributed by atoms with E-state index in [0.717, 1.165) is 0 Å². The first-order chi connectivity index (χ1) is 12.5. The minimum atomic E-state index is -5.42. The van der Waals surface area contributed by atoms with Crippen LogP contribution < -0.4 is 9.79 Å². The summed E-state index contributed by atoms with van der Waals surface area (Å²) in [6.45, 7) is -1.75. The van der Waals surface area contributed by atoms with Crippen LogP contribution in [0.3, 0.4) is 0 Å². The van der Waals surface area contributed by atoms with Gasteiger partial charge in [0.1, 0.15) is 48.8 Å². The second-order valence-electron chi connectivity index (χ2n) is 6.09. The first kappa shape index (κ1) is 23.0. The molecule has 0 amide bonds. The Hall–Kier alpha value is -0.290. The molecule has 10 atom stereocenters. The molecule has 2 aliphatic heterocycles. The van der Waals surface area contributed by atoms with Crippen molar-refractivity contribution in [2.24, 2.45) is 0 Å². The van der Waals surface area contributed by atoms with Gasteiger partial charge < -0.3 is 68.8 Å². The van der Waals surface area contributed by atoms with Crippen molar-refractivity contribution in [3.8, 4) is 0 Å². The van der Waals surface area contributed by atoms with E-state index >= 15 is 0 Å². The molecule has 0 aromatic carbocycles. The molecule has 0 aliphatic carbocycles. The summed E-state index contributed by atoms with van der Waals surface area (Å²) in [5.74, 6) is 0. The second-order valence-corrected chi connectivity index (χ2v) is 7.24. The Labute approximate surface area is 152 Å². The van der Waals surface area contributed by atoms with Crippen molar-refractivity contribution in [2.75, 3.05) is 13.2 Å². The van der Waals surface area contributed by atoms with Crippen LogP contribution in [-0.4, -0.2) is 110 Å². The van der Waals surface area contributed by atoms with Crippen molar-refractivity contribution >= 4 is 7.82 Å². The highest BCUT2D eigenvalue weighted by molar-refractivity contribution is 7.43. The van der Waals surface area contributed by atoms with E-state index in [2.05, 4.69) is 4.52 Å². The molecule has 2 unspecified atom stereocenters. The lowest BCUT2D eigenvalue weighted by atomic mass is 9.98. The van der Waals surface area contributed by atoms with Gasteiger partial charge in [-0.05, 0) is 0 Å². The summed E-state index contributed by atoms with van der Waals surface area (Å²) in [5.41, 5.74) is 0. The molecule has 14 nitrogen and oxygen atoms in total. The highest BCUT2D eigenvalue weighted by atomic mass is 31.2. The predicted octanol–water partition coefficient (Wildman–Crippen LogP) is -6.54. The van der Waals surface area contributed by atoms with E-state index in [-0.39, 0.29) is 0 Å². The summed E-state index contributed by atoms with van der Waals surface area (Å²) in [6, 6.07) is 0. The fourth-order valence-electron chi connectivity index (χ4n) is 2.64. The van der Waals surface area contributed by atoms with Crippen LogP contribution in [0.4, 0.5) is 0 Å². The van der Waals surface area contributed by atoms with Gasteiger partial charge in [-0.2, -0.15) is 0 Å². The summed E-state index contributed by atoms with van der Waals surface area (Å²) >= 11 is 0. The van der Waals surface area contributed by atoms with Gasteiger partial charge in [0, 0.05) is 0 Å². The molecule has 2 saturated heterocycles. The third kappa shape index (κ3) is 5.41. The summed E-state index contributed by atoms with van der Waals surface area (Å²) in [7, 11) is -5.42. The van der Waals surface area contributed by atoms with Crippen LogP contribution >= 0.6 is 7.82 Å². The van der Waals surface area contributed by atoms with E-state index in [1.807, 2.05) is 0 Å². The van der Waals surface area contributed by atoms with Crippen molar-refractivity contribution in [3.05, 3.63) is 0 Å². The average molecular weight is 420 g/mol. The van der Waals surface area contributed by atoms with Gasteiger partial charge in [0.2, 0.25) is 0 Å². The molecule has 160 valence electrons. The van der Waals surface area contributed by atoms with E-state index in [4.69, 9.17) is 19.3 Å². The maximum absolute atomic E-state index is 10.5.